The van der Waals surface area contributed by atoms with Crippen molar-refractivity contribution in [1.29, 1.82) is 0 Å². The molecule has 0 saturated heterocycles. The minimum absolute atomic E-state index is 0.163. The standard InChI is InChI=1S/C17H19ClN2O/c1-13(2)21-16-8-5-6-14(10-16)11-19-20-12-15-7-3-4-9-17(15)18/h3-11,13,20H,12H2,1-2H3/b19-11-. The summed E-state index contributed by atoms with van der Waals surface area (Å²) in [6, 6.07) is 15.5. The van der Waals surface area contributed by atoms with Gasteiger partial charge in [0.05, 0.1) is 18.9 Å². The van der Waals surface area contributed by atoms with Crippen molar-refractivity contribution < 1.29 is 4.74 Å². The second kappa shape index (κ2) is 7.70. The fourth-order valence-electron chi connectivity index (χ4n) is 1.83. The molecule has 0 aliphatic heterocycles. The molecule has 0 aliphatic rings. The Balaban J connectivity index is 1.91. The van der Waals surface area contributed by atoms with Crippen LogP contribution in [0.3, 0.4) is 0 Å². The largest absolute Gasteiger partial charge is 0.491 e. The summed E-state index contributed by atoms with van der Waals surface area (Å²) in [7, 11) is 0. The van der Waals surface area contributed by atoms with E-state index in [4.69, 9.17) is 16.3 Å². The molecule has 0 atom stereocenters. The van der Waals surface area contributed by atoms with E-state index in [0.717, 1.165) is 21.9 Å². The first-order chi connectivity index (χ1) is 10.1. The van der Waals surface area contributed by atoms with Crippen LogP contribution in [-0.2, 0) is 6.54 Å². The van der Waals surface area contributed by atoms with E-state index in [0.29, 0.717) is 6.54 Å². The van der Waals surface area contributed by atoms with Gasteiger partial charge in [0.25, 0.3) is 0 Å². The van der Waals surface area contributed by atoms with Gasteiger partial charge in [0.2, 0.25) is 0 Å². The molecule has 0 unspecified atom stereocenters. The maximum atomic E-state index is 6.08. The highest BCUT2D eigenvalue weighted by atomic mass is 35.5. The van der Waals surface area contributed by atoms with Gasteiger partial charge in [-0.25, -0.2) is 0 Å². The molecule has 2 aromatic rings. The van der Waals surface area contributed by atoms with Gasteiger partial charge in [0, 0.05) is 5.02 Å². The monoisotopic (exact) mass is 302 g/mol. The molecule has 110 valence electrons. The van der Waals surface area contributed by atoms with Crippen LogP contribution in [0.4, 0.5) is 0 Å². The quantitative estimate of drug-likeness (QED) is 0.639. The molecule has 4 heteroatoms. The summed E-state index contributed by atoms with van der Waals surface area (Å²) >= 11 is 6.08. The van der Waals surface area contributed by atoms with Gasteiger partial charge in [-0.2, -0.15) is 5.10 Å². The molecule has 0 radical (unpaired) electrons. The van der Waals surface area contributed by atoms with Crippen LogP contribution in [0.1, 0.15) is 25.0 Å². The van der Waals surface area contributed by atoms with E-state index in [1.54, 1.807) is 6.21 Å². The fraction of sp³-hybridized carbons (Fsp3) is 0.235. The highest BCUT2D eigenvalue weighted by molar-refractivity contribution is 6.31. The number of nitrogens with zero attached hydrogens (tertiary/aromatic N) is 1. The zero-order valence-corrected chi connectivity index (χ0v) is 13.0. The van der Waals surface area contributed by atoms with Crippen LogP contribution in [0.2, 0.25) is 5.02 Å². The Morgan fingerprint density at radius 1 is 1.19 bits per heavy atom. The second-order valence-electron chi connectivity index (χ2n) is 4.92. The highest BCUT2D eigenvalue weighted by Crippen LogP contribution is 2.15. The lowest BCUT2D eigenvalue weighted by molar-refractivity contribution is 0.242. The minimum atomic E-state index is 0.163. The van der Waals surface area contributed by atoms with Gasteiger partial charge in [-0.1, -0.05) is 41.9 Å². The predicted octanol–water partition coefficient (Wildman–Crippen LogP) is 4.25. The normalized spacial score (nSPS) is 11.0. The third kappa shape index (κ3) is 5.12. The van der Waals surface area contributed by atoms with E-state index >= 15 is 0 Å². The molecule has 0 spiro atoms. The Bertz CT molecular complexity index is 611. The number of hydrogen-bond donors (Lipinski definition) is 1. The molecule has 0 amide bonds. The molecule has 2 rings (SSSR count). The van der Waals surface area contributed by atoms with E-state index < -0.39 is 0 Å². The van der Waals surface area contributed by atoms with Crippen LogP contribution >= 0.6 is 11.6 Å². The minimum Gasteiger partial charge on any atom is -0.491 e. The molecule has 21 heavy (non-hydrogen) atoms. The Morgan fingerprint density at radius 3 is 2.76 bits per heavy atom. The van der Waals surface area contributed by atoms with Crippen LogP contribution in [-0.4, -0.2) is 12.3 Å². The average molecular weight is 303 g/mol. The highest BCUT2D eigenvalue weighted by Gasteiger charge is 1.98. The number of hydrazone groups is 1. The van der Waals surface area contributed by atoms with Crippen molar-refractivity contribution in [3.05, 3.63) is 64.7 Å². The number of halogens is 1. The zero-order valence-electron chi connectivity index (χ0n) is 12.2. The molecule has 1 N–H and O–H groups in total. The average Bonchev–Trinajstić information content (AvgIpc) is 2.45. The maximum Gasteiger partial charge on any atom is 0.120 e. The van der Waals surface area contributed by atoms with Crippen molar-refractivity contribution in [1.82, 2.24) is 5.43 Å². The summed E-state index contributed by atoms with van der Waals surface area (Å²) in [4.78, 5) is 0. The lowest BCUT2D eigenvalue weighted by atomic mass is 10.2. The van der Waals surface area contributed by atoms with Gasteiger partial charge in [0.1, 0.15) is 5.75 Å². The van der Waals surface area contributed by atoms with Crippen LogP contribution < -0.4 is 10.2 Å². The van der Waals surface area contributed by atoms with Gasteiger partial charge < -0.3 is 10.2 Å². The Kier molecular flexibility index (Phi) is 5.64. The zero-order chi connectivity index (χ0) is 15.1. The number of hydrogen-bond acceptors (Lipinski definition) is 3. The molecular formula is C17H19ClN2O. The summed E-state index contributed by atoms with van der Waals surface area (Å²) in [5.74, 6) is 0.847. The van der Waals surface area contributed by atoms with Crippen molar-refractivity contribution in [2.45, 2.75) is 26.5 Å². The Labute approximate surface area is 130 Å². The fourth-order valence-corrected chi connectivity index (χ4v) is 2.04. The van der Waals surface area contributed by atoms with Gasteiger partial charge in [0.15, 0.2) is 0 Å². The molecule has 0 fully saturated rings. The first-order valence-electron chi connectivity index (χ1n) is 6.91. The van der Waals surface area contributed by atoms with Crippen molar-refractivity contribution in [2.75, 3.05) is 0 Å². The van der Waals surface area contributed by atoms with Gasteiger partial charge >= 0.3 is 0 Å². The van der Waals surface area contributed by atoms with Crippen LogP contribution in [0.5, 0.6) is 5.75 Å². The predicted molar refractivity (Wildman–Crippen MR) is 88.1 cm³/mol. The molecule has 2 aromatic carbocycles. The third-order valence-corrected chi connectivity index (χ3v) is 3.13. The van der Waals surface area contributed by atoms with E-state index in [1.807, 2.05) is 62.4 Å². The van der Waals surface area contributed by atoms with Gasteiger partial charge in [-0.3, -0.25) is 0 Å². The summed E-state index contributed by atoms with van der Waals surface area (Å²) < 4.78 is 5.65. The van der Waals surface area contributed by atoms with Crippen LogP contribution in [0, 0.1) is 0 Å². The Morgan fingerprint density at radius 2 is 2.00 bits per heavy atom. The van der Waals surface area contributed by atoms with E-state index in [-0.39, 0.29) is 6.10 Å². The van der Waals surface area contributed by atoms with E-state index in [1.165, 1.54) is 0 Å². The smallest absolute Gasteiger partial charge is 0.120 e. The molecule has 0 bridgehead atoms. The molecule has 0 aromatic heterocycles. The van der Waals surface area contributed by atoms with Crippen molar-refractivity contribution in [2.24, 2.45) is 5.10 Å². The maximum absolute atomic E-state index is 6.08. The first-order valence-corrected chi connectivity index (χ1v) is 7.29. The summed E-state index contributed by atoms with van der Waals surface area (Å²) in [6.45, 7) is 4.61. The first kappa shape index (κ1) is 15.4. The van der Waals surface area contributed by atoms with Crippen LogP contribution in [0.15, 0.2) is 53.6 Å². The van der Waals surface area contributed by atoms with Crippen molar-refractivity contribution >= 4 is 17.8 Å². The molecule has 3 nitrogen and oxygen atoms in total. The number of ether oxygens (including phenoxy) is 1. The summed E-state index contributed by atoms with van der Waals surface area (Å²) in [5, 5.41) is 4.95. The second-order valence-corrected chi connectivity index (χ2v) is 5.33. The number of rotatable bonds is 6. The summed E-state index contributed by atoms with van der Waals surface area (Å²) in [5.41, 5.74) is 5.00. The lowest BCUT2D eigenvalue weighted by Crippen LogP contribution is -2.07. The third-order valence-electron chi connectivity index (χ3n) is 2.76. The van der Waals surface area contributed by atoms with Gasteiger partial charge in [-0.15, -0.1) is 0 Å². The Hall–Kier alpha value is -2.00. The SMILES string of the molecule is CC(C)Oc1cccc(/C=N\NCc2ccccc2Cl)c1. The van der Waals surface area contributed by atoms with Gasteiger partial charge in [-0.05, 0) is 43.2 Å². The van der Waals surface area contributed by atoms with E-state index in [9.17, 15) is 0 Å². The van der Waals surface area contributed by atoms with Crippen molar-refractivity contribution in [3.63, 3.8) is 0 Å². The number of nitrogens with one attached hydrogen (secondary N) is 1. The lowest BCUT2D eigenvalue weighted by Gasteiger charge is -2.09. The molecule has 0 heterocycles. The number of benzene rings is 2. The van der Waals surface area contributed by atoms with Crippen molar-refractivity contribution in [3.8, 4) is 5.75 Å². The van der Waals surface area contributed by atoms with E-state index in [2.05, 4.69) is 10.5 Å². The summed E-state index contributed by atoms with van der Waals surface area (Å²) in [6.07, 6.45) is 1.93. The molecule has 0 saturated carbocycles. The molecular weight excluding hydrogens is 284 g/mol. The topological polar surface area (TPSA) is 33.6 Å². The molecule has 0 aliphatic carbocycles. The van der Waals surface area contributed by atoms with Crippen LogP contribution in [0.25, 0.3) is 0 Å².